The Morgan fingerprint density at radius 3 is 1.38 bits per heavy atom. The Hall–Kier alpha value is -5.68. The van der Waals surface area contributed by atoms with E-state index in [9.17, 15) is 0 Å². The summed E-state index contributed by atoms with van der Waals surface area (Å²) >= 11 is 8.17. The Kier molecular flexibility index (Phi) is 6.80. The number of benzene rings is 8. The Balaban J connectivity index is 1.37. The fourth-order valence-corrected chi connectivity index (χ4v) is 10.1. The molecule has 0 fully saturated rings. The molecule has 8 aromatic carbocycles. The SMILES string of the molecule is Brc1cc2c(c3c1oc1c(-c4ccccc4)cccc13)-c1c(cc(Br)c3c1oc1c(-c4ccccc4)cccc13)C2(c1ccccc1)c1ccccc1. The first-order chi connectivity index (χ1) is 26.1. The van der Waals surface area contributed by atoms with E-state index in [1.165, 1.54) is 16.7 Å². The minimum Gasteiger partial charge on any atom is -0.455 e. The number of para-hydroxylation sites is 2. The van der Waals surface area contributed by atoms with E-state index in [0.29, 0.717) is 0 Å². The predicted octanol–water partition coefficient (Wildman–Crippen LogP) is 14.7. The highest BCUT2D eigenvalue weighted by atomic mass is 79.9. The van der Waals surface area contributed by atoms with Gasteiger partial charge in [-0.15, -0.1) is 0 Å². The minimum absolute atomic E-state index is 0.664. The van der Waals surface area contributed by atoms with Crippen molar-refractivity contribution in [3.63, 3.8) is 0 Å². The smallest absolute Gasteiger partial charge is 0.150 e. The number of rotatable bonds is 4. The third kappa shape index (κ3) is 4.25. The Morgan fingerprint density at radius 2 is 0.830 bits per heavy atom. The molecule has 0 saturated heterocycles. The summed E-state index contributed by atoms with van der Waals surface area (Å²) < 4.78 is 16.2. The summed E-state index contributed by atoms with van der Waals surface area (Å²) in [6, 6.07) is 60.4. The molecule has 2 aromatic heterocycles. The topological polar surface area (TPSA) is 26.3 Å². The van der Waals surface area contributed by atoms with Gasteiger partial charge >= 0.3 is 0 Å². The highest BCUT2D eigenvalue weighted by Crippen LogP contribution is 2.63. The Bertz CT molecular complexity index is 3010. The van der Waals surface area contributed by atoms with Gasteiger partial charge in [0.05, 0.1) is 9.89 Å². The molecule has 0 atom stereocenters. The number of furan rings is 2. The van der Waals surface area contributed by atoms with Gasteiger partial charge in [0.25, 0.3) is 0 Å². The van der Waals surface area contributed by atoms with E-state index >= 15 is 0 Å². The summed E-state index contributed by atoms with van der Waals surface area (Å²) in [6.45, 7) is 0. The maximum absolute atomic E-state index is 7.27. The average molecular weight is 809 g/mol. The molecular weight excluding hydrogens is 780 g/mol. The number of halogens is 2. The minimum atomic E-state index is -0.664. The van der Waals surface area contributed by atoms with Gasteiger partial charge in [0.1, 0.15) is 22.3 Å². The normalized spacial score (nSPS) is 13.2. The van der Waals surface area contributed by atoms with E-state index in [2.05, 4.69) is 202 Å². The molecule has 0 unspecified atom stereocenters. The van der Waals surface area contributed by atoms with Gasteiger partial charge in [-0.3, -0.25) is 0 Å². The molecule has 53 heavy (non-hydrogen) atoms. The quantitative estimate of drug-likeness (QED) is 0.177. The fraction of sp³-hybridized carbons (Fsp3) is 0.0204. The van der Waals surface area contributed by atoms with Crippen LogP contribution >= 0.6 is 31.9 Å². The first kappa shape index (κ1) is 30.9. The predicted molar refractivity (Wildman–Crippen MR) is 225 cm³/mol. The van der Waals surface area contributed by atoms with Crippen molar-refractivity contribution < 1.29 is 8.83 Å². The molecule has 0 bridgehead atoms. The highest BCUT2D eigenvalue weighted by molar-refractivity contribution is 9.11. The zero-order chi connectivity index (χ0) is 35.3. The standard InChI is InChI=1S/C49H28Br2O2/c50-39-27-38-44(48-41(39)35-25-13-23-33(45(35)53-48)29-15-5-1-6-16-29)43-37(49(38,31-19-9-3-10-20-31)32-21-11-4-12-22-32)28-40(51)47-42(43)36-26-14-24-34(46(36)52-47)30-17-7-2-8-18-30/h1-28H. The summed E-state index contributed by atoms with van der Waals surface area (Å²) in [7, 11) is 0. The van der Waals surface area contributed by atoms with Crippen LogP contribution < -0.4 is 0 Å². The molecule has 2 nitrogen and oxygen atoms in total. The lowest BCUT2D eigenvalue weighted by molar-refractivity contribution is 0.667. The molecule has 1 aliphatic rings. The number of hydrogen-bond donors (Lipinski definition) is 0. The molecule has 2 heterocycles. The summed E-state index contributed by atoms with van der Waals surface area (Å²) in [6.07, 6.45) is 0. The molecule has 0 N–H and O–H groups in total. The van der Waals surface area contributed by atoms with Crippen LogP contribution in [0.3, 0.4) is 0 Å². The van der Waals surface area contributed by atoms with Gasteiger partial charge in [-0.05, 0) is 61.4 Å². The van der Waals surface area contributed by atoms with Crippen molar-refractivity contribution in [3.8, 4) is 33.4 Å². The molecule has 0 spiro atoms. The second-order valence-corrected chi connectivity index (χ2v) is 15.5. The van der Waals surface area contributed by atoms with Gasteiger partial charge in [-0.1, -0.05) is 174 Å². The first-order valence-corrected chi connectivity index (χ1v) is 19.3. The van der Waals surface area contributed by atoms with Crippen molar-refractivity contribution in [2.24, 2.45) is 0 Å². The molecule has 0 saturated carbocycles. The van der Waals surface area contributed by atoms with Crippen LogP contribution in [0.1, 0.15) is 22.3 Å². The molecule has 0 amide bonds. The van der Waals surface area contributed by atoms with Gasteiger partial charge in [0, 0.05) is 48.3 Å². The fourth-order valence-electron chi connectivity index (χ4n) is 8.96. The summed E-state index contributed by atoms with van der Waals surface area (Å²) in [5, 5.41) is 4.28. The van der Waals surface area contributed by atoms with Crippen LogP contribution in [-0.2, 0) is 5.41 Å². The third-order valence-electron chi connectivity index (χ3n) is 11.1. The average Bonchev–Trinajstić information content (AvgIpc) is 3.89. The van der Waals surface area contributed by atoms with Crippen LogP contribution in [0, 0.1) is 0 Å². The van der Waals surface area contributed by atoms with Crippen LogP contribution in [0.15, 0.2) is 188 Å². The number of fused-ring (bicyclic) bond motifs is 11. The second-order valence-electron chi connectivity index (χ2n) is 13.8. The molecule has 250 valence electrons. The highest BCUT2D eigenvalue weighted by Gasteiger charge is 2.49. The molecular formula is C49H28Br2O2. The summed E-state index contributed by atoms with van der Waals surface area (Å²) in [5.74, 6) is 0. The Labute approximate surface area is 322 Å². The maximum Gasteiger partial charge on any atom is 0.150 e. The van der Waals surface area contributed by atoms with Gasteiger partial charge in [0.15, 0.2) is 0 Å². The van der Waals surface area contributed by atoms with Crippen LogP contribution in [-0.4, -0.2) is 0 Å². The van der Waals surface area contributed by atoms with Crippen molar-refractivity contribution in [1.82, 2.24) is 0 Å². The molecule has 0 radical (unpaired) electrons. The Morgan fingerprint density at radius 1 is 0.377 bits per heavy atom. The number of hydrogen-bond acceptors (Lipinski definition) is 2. The first-order valence-electron chi connectivity index (χ1n) is 17.7. The molecule has 1 aliphatic carbocycles. The van der Waals surface area contributed by atoms with E-state index in [4.69, 9.17) is 8.83 Å². The van der Waals surface area contributed by atoms with E-state index in [0.717, 1.165) is 91.8 Å². The lowest BCUT2D eigenvalue weighted by Gasteiger charge is -2.34. The maximum atomic E-state index is 7.27. The third-order valence-corrected chi connectivity index (χ3v) is 12.3. The summed E-state index contributed by atoms with van der Waals surface area (Å²) in [5.41, 5.74) is 14.1. The molecule has 11 rings (SSSR count). The second kappa shape index (κ2) is 11.7. The van der Waals surface area contributed by atoms with Crippen LogP contribution in [0.2, 0.25) is 0 Å². The van der Waals surface area contributed by atoms with Crippen molar-refractivity contribution >= 4 is 75.7 Å². The largest absolute Gasteiger partial charge is 0.455 e. The van der Waals surface area contributed by atoms with Crippen LogP contribution in [0.25, 0.3) is 77.3 Å². The lowest BCUT2D eigenvalue weighted by Crippen LogP contribution is -2.28. The van der Waals surface area contributed by atoms with E-state index < -0.39 is 5.41 Å². The van der Waals surface area contributed by atoms with Crippen LogP contribution in [0.5, 0.6) is 0 Å². The van der Waals surface area contributed by atoms with E-state index in [-0.39, 0.29) is 0 Å². The van der Waals surface area contributed by atoms with Crippen LogP contribution in [0.4, 0.5) is 0 Å². The summed E-state index contributed by atoms with van der Waals surface area (Å²) in [4.78, 5) is 0. The van der Waals surface area contributed by atoms with Crippen molar-refractivity contribution in [2.45, 2.75) is 5.41 Å². The van der Waals surface area contributed by atoms with Crippen molar-refractivity contribution in [1.29, 1.82) is 0 Å². The van der Waals surface area contributed by atoms with Gasteiger partial charge < -0.3 is 8.83 Å². The van der Waals surface area contributed by atoms with E-state index in [1.54, 1.807) is 0 Å². The monoisotopic (exact) mass is 806 g/mol. The van der Waals surface area contributed by atoms with E-state index in [1.807, 2.05) is 0 Å². The van der Waals surface area contributed by atoms with Gasteiger partial charge in [0.2, 0.25) is 0 Å². The zero-order valence-corrected chi connectivity index (χ0v) is 31.4. The molecule has 0 aliphatic heterocycles. The van der Waals surface area contributed by atoms with Gasteiger partial charge in [-0.25, -0.2) is 0 Å². The zero-order valence-electron chi connectivity index (χ0n) is 28.2. The van der Waals surface area contributed by atoms with Crippen molar-refractivity contribution in [3.05, 3.63) is 201 Å². The van der Waals surface area contributed by atoms with Gasteiger partial charge in [-0.2, -0.15) is 0 Å². The molecule has 10 aromatic rings. The lowest BCUT2D eigenvalue weighted by atomic mass is 9.67. The van der Waals surface area contributed by atoms with Crippen molar-refractivity contribution in [2.75, 3.05) is 0 Å². The molecule has 4 heteroatoms.